The summed E-state index contributed by atoms with van der Waals surface area (Å²) in [6.45, 7) is 4.48. The van der Waals surface area contributed by atoms with Crippen molar-refractivity contribution in [2.75, 3.05) is 12.3 Å². The average molecular weight is 285 g/mol. The van der Waals surface area contributed by atoms with Gasteiger partial charge in [-0.1, -0.05) is 29.8 Å². The fraction of sp³-hybridized carbons (Fsp3) is 0.235. The van der Waals surface area contributed by atoms with Crippen LogP contribution in [0.15, 0.2) is 42.5 Å². The molecule has 0 fully saturated rings. The van der Waals surface area contributed by atoms with Gasteiger partial charge in [-0.25, -0.2) is 4.79 Å². The van der Waals surface area contributed by atoms with Crippen LogP contribution in [0.3, 0.4) is 0 Å². The molecule has 0 saturated heterocycles. The molecular formula is C17H19NO3. The number of nitrogen functional groups attached to an aromatic ring is 1. The first-order valence-corrected chi connectivity index (χ1v) is 6.85. The van der Waals surface area contributed by atoms with E-state index < -0.39 is 5.97 Å². The molecule has 21 heavy (non-hydrogen) atoms. The van der Waals surface area contributed by atoms with Crippen LogP contribution < -0.4 is 10.5 Å². The lowest BCUT2D eigenvalue weighted by atomic mass is 10.1. The quantitative estimate of drug-likeness (QED) is 0.676. The number of esters is 1. The Balaban J connectivity index is 2.17. The van der Waals surface area contributed by atoms with Gasteiger partial charge in [-0.15, -0.1) is 0 Å². The maximum atomic E-state index is 11.9. The summed E-state index contributed by atoms with van der Waals surface area (Å²) in [5.41, 5.74) is 8.79. The highest BCUT2D eigenvalue weighted by molar-refractivity contribution is 5.93. The van der Waals surface area contributed by atoms with Crippen molar-refractivity contribution in [1.82, 2.24) is 0 Å². The Morgan fingerprint density at radius 1 is 1.19 bits per heavy atom. The number of nitrogens with two attached hydrogens (primary N) is 1. The molecule has 0 bridgehead atoms. The van der Waals surface area contributed by atoms with E-state index >= 15 is 0 Å². The van der Waals surface area contributed by atoms with Gasteiger partial charge in [0, 0.05) is 5.69 Å². The third-order valence-electron chi connectivity index (χ3n) is 2.98. The van der Waals surface area contributed by atoms with Crippen LogP contribution in [0.4, 0.5) is 5.69 Å². The molecule has 0 aliphatic rings. The average Bonchev–Trinajstić information content (AvgIpc) is 2.46. The number of hydrogen-bond donors (Lipinski definition) is 1. The lowest BCUT2D eigenvalue weighted by Gasteiger charge is -2.12. The minimum absolute atomic E-state index is 0.310. The number of hydrogen-bond acceptors (Lipinski definition) is 4. The highest BCUT2D eigenvalue weighted by Gasteiger charge is 2.14. The van der Waals surface area contributed by atoms with Gasteiger partial charge in [0.05, 0.1) is 6.61 Å². The molecule has 0 radical (unpaired) electrons. The lowest BCUT2D eigenvalue weighted by molar-refractivity contribution is 0.0521. The van der Waals surface area contributed by atoms with E-state index in [0.29, 0.717) is 30.2 Å². The summed E-state index contributed by atoms with van der Waals surface area (Å²) < 4.78 is 10.8. The van der Waals surface area contributed by atoms with Crippen molar-refractivity contribution in [1.29, 1.82) is 0 Å². The minimum atomic E-state index is -0.427. The summed E-state index contributed by atoms with van der Waals surface area (Å²) in [4.78, 5) is 11.9. The van der Waals surface area contributed by atoms with Crippen molar-refractivity contribution in [2.24, 2.45) is 0 Å². The van der Waals surface area contributed by atoms with Crippen molar-refractivity contribution >= 4 is 11.7 Å². The van der Waals surface area contributed by atoms with Crippen LogP contribution in [-0.4, -0.2) is 12.6 Å². The summed E-state index contributed by atoms with van der Waals surface area (Å²) in [6, 6.07) is 13.0. The predicted molar refractivity (Wildman–Crippen MR) is 82.3 cm³/mol. The van der Waals surface area contributed by atoms with Crippen molar-refractivity contribution in [2.45, 2.75) is 20.5 Å². The summed E-state index contributed by atoms with van der Waals surface area (Å²) in [5, 5.41) is 0. The van der Waals surface area contributed by atoms with E-state index in [-0.39, 0.29) is 0 Å². The largest absolute Gasteiger partial charge is 0.488 e. The first-order chi connectivity index (χ1) is 10.1. The molecule has 0 aromatic heterocycles. The predicted octanol–water partition coefficient (Wildman–Crippen LogP) is 3.33. The van der Waals surface area contributed by atoms with Crippen molar-refractivity contribution < 1.29 is 14.3 Å². The maximum absolute atomic E-state index is 11.9. The first kappa shape index (κ1) is 14.9. The molecule has 0 atom stereocenters. The van der Waals surface area contributed by atoms with Gasteiger partial charge < -0.3 is 15.2 Å². The molecule has 0 unspecified atom stereocenters. The van der Waals surface area contributed by atoms with Crippen LogP contribution >= 0.6 is 0 Å². The second-order valence-corrected chi connectivity index (χ2v) is 4.75. The Labute approximate surface area is 124 Å². The van der Waals surface area contributed by atoms with Crippen LogP contribution in [0.1, 0.15) is 28.4 Å². The zero-order chi connectivity index (χ0) is 15.2. The highest BCUT2D eigenvalue weighted by Crippen LogP contribution is 2.23. The van der Waals surface area contributed by atoms with Crippen molar-refractivity contribution in [3.8, 4) is 5.75 Å². The Hall–Kier alpha value is -2.49. The smallest absolute Gasteiger partial charge is 0.341 e. The molecular weight excluding hydrogens is 266 g/mol. The van der Waals surface area contributed by atoms with E-state index in [1.54, 1.807) is 25.1 Å². The molecule has 2 N–H and O–H groups in total. The Morgan fingerprint density at radius 3 is 2.71 bits per heavy atom. The van der Waals surface area contributed by atoms with E-state index in [1.807, 2.05) is 31.2 Å². The normalized spacial score (nSPS) is 10.2. The summed E-state index contributed by atoms with van der Waals surface area (Å²) in [5.74, 6) is 0.0493. The second-order valence-electron chi connectivity index (χ2n) is 4.75. The van der Waals surface area contributed by atoms with Crippen LogP contribution in [-0.2, 0) is 11.3 Å². The van der Waals surface area contributed by atoms with E-state index in [0.717, 1.165) is 5.56 Å². The Kier molecular flexibility index (Phi) is 4.82. The van der Waals surface area contributed by atoms with Crippen molar-refractivity contribution in [3.63, 3.8) is 0 Å². The molecule has 4 heteroatoms. The molecule has 0 saturated carbocycles. The third kappa shape index (κ3) is 3.99. The van der Waals surface area contributed by atoms with Crippen LogP contribution in [0.25, 0.3) is 0 Å². The molecule has 0 heterocycles. The zero-order valence-electron chi connectivity index (χ0n) is 12.3. The number of benzene rings is 2. The fourth-order valence-electron chi connectivity index (χ4n) is 2.00. The van der Waals surface area contributed by atoms with Crippen LogP contribution in [0.5, 0.6) is 5.75 Å². The lowest BCUT2D eigenvalue weighted by Crippen LogP contribution is -2.08. The number of aryl methyl sites for hydroxylation is 1. The van der Waals surface area contributed by atoms with E-state index in [1.165, 1.54) is 5.56 Å². The minimum Gasteiger partial charge on any atom is -0.488 e. The molecule has 0 aliphatic heterocycles. The second kappa shape index (κ2) is 6.79. The number of carbonyl (C=O) groups is 1. The van der Waals surface area contributed by atoms with Crippen LogP contribution in [0.2, 0.25) is 0 Å². The molecule has 0 amide bonds. The molecule has 2 rings (SSSR count). The van der Waals surface area contributed by atoms with Crippen molar-refractivity contribution in [3.05, 3.63) is 59.2 Å². The van der Waals surface area contributed by atoms with Gasteiger partial charge in [0.2, 0.25) is 0 Å². The molecule has 4 nitrogen and oxygen atoms in total. The number of rotatable bonds is 5. The number of anilines is 1. The Morgan fingerprint density at radius 2 is 2.00 bits per heavy atom. The zero-order valence-corrected chi connectivity index (χ0v) is 12.3. The van der Waals surface area contributed by atoms with E-state index in [2.05, 4.69) is 0 Å². The topological polar surface area (TPSA) is 61.5 Å². The SMILES string of the molecule is CCOC(=O)c1cc(N)ccc1OCc1cccc(C)c1. The van der Waals surface area contributed by atoms with Gasteiger partial charge in [0.25, 0.3) is 0 Å². The fourth-order valence-corrected chi connectivity index (χ4v) is 2.00. The van der Waals surface area contributed by atoms with Gasteiger partial charge in [0.1, 0.15) is 17.9 Å². The molecule has 2 aromatic rings. The summed E-state index contributed by atoms with van der Waals surface area (Å²) >= 11 is 0. The molecule has 0 spiro atoms. The standard InChI is InChI=1S/C17H19NO3/c1-3-20-17(19)15-10-14(18)7-8-16(15)21-11-13-6-4-5-12(2)9-13/h4-10H,3,11,18H2,1-2H3. The summed E-state index contributed by atoms with van der Waals surface area (Å²) in [7, 11) is 0. The van der Waals surface area contributed by atoms with Gasteiger partial charge in [-0.05, 0) is 37.6 Å². The summed E-state index contributed by atoms with van der Waals surface area (Å²) in [6.07, 6.45) is 0. The van der Waals surface area contributed by atoms with Gasteiger partial charge in [-0.2, -0.15) is 0 Å². The van der Waals surface area contributed by atoms with Gasteiger partial charge in [0.15, 0.2) is 0 Å². The van der Waals surface area contributed by atoms with Crippen LogP contribution in [0, 0.1) is 6.92 Å². The first-order valence-electron chi connectivity index (χ1n) is 6.85. The van der Waals surface area contributed by atoms with E-state index in [9.17, 15) is 4.79 Å². The van der Waals surface area contributed by atoms with E-state index in [4.69, 9.17) is 15.2 Å². The molecule has 2 aromatic carbocycles. The Bertz CT molecular complexity index is 638. The van der Waals surface area contributed by atoms with Gasteiger partial charge in [-0.3, -0.25) is 0 Å². The maximum Gasteiger partial charge on any atom is 0.341 e. The highest BCUT2D eigenvalue weighted by atomic mass is 16.5. The number of carbonyl (C=O) groups excluding carboxylic acids is 1. The number of ether oxygens (including phenoxy) is 2. The third-order valence-corrected chi connectivity index (χ3v) is 2.98. The monoisotopic (exact) mass is 285 g/mol. The molecule has 110 valence electrons. The van der Waals surface area contributed by atoms with Gasteiger partial charge >= 0.3 is 5.97 Å². The molecule has 0 aliphatic carbocycles.